The molecule has 152 valence electrons. The summed E-state index contributed by atoms with van der Waals surface area (Å²) in [6.45, 7) is 6.66. The van der Waals surface area contributed by atoms with Crippen molar-refractivity contribution in [2.24, 2.45) is 17.8 Å². The van der Waals surface area contributed by atoms with Gasteiger partial charge in [-0.05, 0) is 54.9 Å². The predicted molar refractivity (Wildman–Crippen MR) is 110 cm³/mol. The van der Waals surface area contributed by atoms with Crippen LogP contribution in [0.2, 0.25) is 0 Å². The van der Waals surface area contributed by atoms with E-state index in [-0.39, 0.29) is 17.8 Å². The number of benzene rings is 1. The van der Waals surface area contributed by atoms with Gasteiger partial charge in [-0.2, -0.15) is 0 Å². The summed E-state index contributed by atoms with van der Waals surface area (Å²) >= 11 is 1.30. The topological polar surface area (TPSA) is 77.1 Å². The lowest BCUT2D eigenvalue weighted by atomic mass is 9.75. The van der Waals surface area contributed by atoms with Gasteiger partial charge in [0.1, 0.15) is 11.9 Å². The molecule has 3 atom stereocenters. The van der Waals surface area contributed by atoms with E-state index in [1.54, 1.807) is 7.11 Å². The summed E-state index contributed by atoms with van der Waals surface area (Å²) in [5.41, 5.74) is 0.915. The summed E-state index contributed by atoms with van der Waals surface area (Å²) in [5, 5.41) is 7.66. The Balaban J connectivity index is 1.53. The molecule has 1 aromatic heterocycles. The molecule has 0 saturated heterocycles. The number of nitrogens with one attached hydrogen (secondary N) is 1. The second kappa shape index (κ2) is 9.45. The number of carbonyl (C=O) groups is 1. The number of rotatable bonds is 7. The van der Waals surface area contributed by atoms with E-state index in [0.29, 0.717) is 28.7 Å². The Hall–Kier alpha value is -2.02. The summed E-state index contributed by atoms with van der Waals surface area (Å²) < 4.78 is 11.0. The first-order valence-electron chi connectivity index (χ1n) is 9.85. The fourth-order valence-electron chi connectivity index (χ4n) is 3.77. The van der Waals surface area contributed by atoms with Gasteiger partial charge >= 0.3 is 5.97 Å². The first kappa shape index (κ1) is 20.7. The number of aromatic amines is 1. The quantitative estimate of drug-likeness (QED) is 0.539. The fourth-order valence-corrected chi connectivity index (χ4v) is 4.35. The Labute approximate surface area is 170 Å². The van der Waals surface area contributed by atoms with Gasteiger partial charge in [-0.1, -0.05) is 39.0 Å². The van der Waals surface area contributed by atoms with Crippen LogP contribution in [-0.2, 0) is 9.53 Å². The van der Waals surface area contributed by atoms with Crippen molar-refractivity contribution in [3.05, 3.63) is 24.3 Å². The monoisotopic (exact) mass is 403 g/mol. The zero-order valence-corrected chi connectivity index (χ0v) is 17.8. The van der Waals surface area contributed by atoms with Gasteiger partial charge in [0.25, 0.3) is 0 Å². The van der Waals surface area contributed by atoms with Gasteiger partial charge in [0.05, 0.1) is 12.9 Å². The first-order chi connectivity index (χ1) is 13.5. The van der Waals surface area contributed by atoms with Crippen molar-refractivity contribution in [1.29, 1.82) is 0 Å². The molecule has 1 fully saturated rings. The van der Waals surface area contributed by atoms with Gasteiger partial charge in [-0.3, -0.25) is 9.89 Å². The fraction of sp³-hybridized carbons (Fsp3) is 0.571. The summed E-state index contributed by atoms with van der Waals surface area (Å²) in [6.07, 6.45) is 3.34. The Morgan fingerprint density at radius 1 is 1.29 bits per heavy atom. The average Bonchev–Trinajstić information content (AvgIpc) is 3.15. The smallest absolute Gasteiger partial charge is 0.316 e. The second-order valence-electron chi connectivity index (χ2n) is 7.84. The van der Waals surface area contributed by atoms with E-state index in [9.17, 15) is 4.79 Å². The highest BCUT2D eigenvalue weighted by Crippen LogP contribution is 2.35. The Bertz CT molecular complexity index is 775. The predicted octanol–water partition coefficient (Wildman–Crippen LogP) is 4.58. The van der Waals surface area contributed by atoms with Crippen LogP contribution in [0.15, 0.2) is 29.4 Å². The van der Waals surface area contributed by atoms with Gasteiger partial charge in [0.2, 0.25) is 5.16 Å². The third kappa shape index (κ3) is 5.28. The van der Waals surface area contributed by atoms with E-state index in [1.165, 1.54) is 18.2 Å². The van der Waals surface area contributed by atoms with Gasteiger partial charge < -0.3 is 9.47 Å². The minimum atomic E-state index is -0.189. The maximum Gasteiger partial charge on any atom is 0.316 e. The Kier molecular flexibility index (Phi) is 6.99. The normalized spacial score (nSPS) is 22.2. The molecule has 28 heavy (non-hydrogen) atoms. The largest absolute Gasteiger partial charge is 0.497 e. The molecule has 7 heteroatoms. The number of ether oxygens (including phenoxy) is 2. The number of hydrogen-bond acceptors (Lipinski definition) is 6. The molecule has 3 rings (SSSR count). The zero-order chi connectivity index (χ0) is 20.1. The van der Waals surface area contributed by atoms with E-state index in [0.717, 1.165) is 24.2 Å². The Morgan fingerprint density at radius 2 is 2.04 bits per heavy atom. The second-order valence-corrected chi connectivity index (χ2v) is 8.78. The maximum atomic E-state index is 12.4. The summed E-state index contributed by atoms with van der Waals surface area (Å²) in [7, 11) is 1.63. The molecular weight excluding hydrogens is 374 g/mol. The highest BCUT2D eigenvalue weighted by atomic mass is 32.2. The summed E-state index contributed by atoms with van der Waals surface area (Å²) in [4.78, 5) is 16.8. The van der Waals surface area contributed by atoms with Gasteiger partial charge in [0, 0.05) is 5.56 Å². The van der Waals surface area contributed by atoms with Crippen LogP contribution in [0, 0.1) is 17.8 Å². The number of H-pyrrole nitrogens is 1. The van der Waals surface area contributed by atoms with E-state index in [4.69, 9.17) is 9.47 Å². The maximum absolute atomic E-state index is 12.4. The molecule has 2 aromatic rings. The van der Waals surface area contributed by atoms with Gasteiger partial charge in [-0.15, -0.1) is 5.10 Å². The van der Waals surface area contributed by atoms with Crippen molar-refractivity contribution in [2.75, 3.05) is 12.9 Å². The van der Waals surface area contributed by atoms with E-state index in [1.807, 2.05) is 24.3 Å². The van der Waals surface area contributed by atoms with Crippen LogP contribution in [0.25, 0.3) is 11.4 Å². The number of thioether (sulfide) groups is 1. The van der Waals surface area contributed by atoms with Crippen molar-refractivity contribution in [1.82, 2.24) is 15.2 Å². The minimum Gasteiger partial charge on any atom is -0.497 e. The number of nitrogens with zero attached hydrogens (tertiary/aromatic N) is 2. The molecule has 0 radical (unpaired) electrons. The molecule has 0 bridgehead atoms. The number of methoxy groups -OCH3 is 1. The van der Waals surface area contributed by atoms with Crippen LogP contribution in [0.5, 0.6) is 5.75 Å². The highest BCUT2D eigenvalue weighted by Gasteiger charge is 2.33. The van der Waals surface area contributed by atoms with E-state index >= 15 is 0 Å². The molecule has 0 spiro atoms. The van der Waals surface area contributed by atoms with Crippen molar-refractivity contribution in [2.45, 2.75) is 51.3 Å². The number of carbonyl (C=O) groups excluding carboxylic acids is 1. The van der Waals surface area contributed by atoms with Crippen molar-refractivity contribution in [3.8, 4) is 17.1 Å². The number of esters is 1. The average molecular weight is 404 g/mol. The lowest BCUT2D eigenvalue weighted by molar-refractivity contribution is -0.152. The minimum absolute atomic E-state index is 0.0267. The molecule has 1 heterocycles. The van der Waals surface area contributed by atoms with Gasteiger partial charge in [0.15, 0.2) is 5.82 Å². The van der Waals surface area contributed by atoms with Crippen LogP contribution in [0.3, 0.4) is 0 Å². The number of aromatic nitrogens is 3. The zero-order valence-electron chi connectivity index (χ0n) is 17.0. The lowest BCUT2D eigenvalue weighted by Gasteiger charge is -2.36. The van der Waals surface area contributed by atoms with Crippen LogP contribution < -0.4 is 4.74 Å². The molecule has 0 amide bonds. The molecule has 1 aliphatic rings. The first-order valence-corrected chi connectivity index (χ1v) is 10.8. The summed E-state index contributed by atoms with van der Waals surface area (Å²) in [5.74, 6) is 3.08. The van der Waals surface area contributed by atoms with Crippen LogP contribution >= 0.6 is 11.8 Å². The van der Waals surface area contributed by atoms with Gasteiger partial charge in [-0.25, -0.2) is 4.98 Å². The Morgan fingerprint density at radius 3 is 2.71 bits per heavy atom. The third-order valence-electron chi connectivity index (χ3n) is 5.39. The molecule has 6 nitrogen and oxygen atoms in total. The molecule has 1 saturated carbocycles. The molecule has 1 aliphatic carbocycles. The van der Waals surface area contributed by atoms with Crippen LogP contribution in [0.1, 0.15) is 40.0 Å². The standard InChI is InChI=1S/C21H29N3O3S/c1-13(2)17-10-5-14(3)11-18(17)27-19(25)12-28-21-22-20(23-24-21)15-6-8-16(26-4)9-7-15/h6-9,13-14,17-18H,5,10-12H2,1-4H3,(H,22,23,24)/t14-,17-,18+/m0/s1. The molecular formula is C21H29N3O3S. The van der Waals surface area contributed by atoms with E-state index < -0.39 is 0 Å². The van der Waals surface area contributed by atoms with Crippen LogP contribution in [0.4, 0.5) is 0 Å². The van der Waals surface area contributed by atoms with Crippen molar-refractivity contribution in [3.63, 3.8) is 0 Å². The number of hydrogen-bond donors (Lipinski definition) is 1. The lowest BCUT2D eigenvalue weighted by Crippen LogP contribution is -2.36. The third-order valence-corrected chi connectivity index (χ3v) is 6.21. The highest BCUT2D eigenvalue weighted by molar-refractivity contribution is 7.99. The van der Waals surface area contributed by atoms with Crippen LogP contribution in [-0.4, -0.2) is 40.1 Å². The van der Waals surface area contributed by atoms with Crippen molar-refractivity contribution < 1.29 is 14.3 Å². The van der Waals surface area contributed by atoms with Crippen molar-refractivity contribution >= 4 is 17.7 Å². The molecule has 1 N–H and O–H groups in total. The SMILES string of the molecule is COc1ccc(-c2nc(SCC(=O)O[C@@H]3C[C@@H](C)CC[C@H]3C(C)C)n[nH]2)cc1. The van der Waals surface area contributed by atoms with E-state index in [2.05, 4.69) is 36.0 Å². The molecule has 0 aliphatic heterocycles. The molecule has 0 unspecified atom stereocenters. The molecule has 1 aromatic carbocycles. The summed E-state index contributed by atoms with van der Waals surface area (Å²) in [6, 6.07) is 7.58.